The molecule has 1 aromatic carbocycles. The molecule has 10 heteroatoms. The second-order valence-corrected chi connectivity index (χ2v) is 10.4. The number of aromatic nitrogens is 3. The van der Waals surface area contributed by atoms with Gasteiger partial charge < -0.3 is 25.0 Å². The fraction of sp³-hybridized carbons (Fsp3) is 0.464. The molecule has 3 N–H and O–H groups in total. The molecule has 0 spiro atoms. The zero-order valence-corrected chi connectivity index (χ0v) is 21.9. The normalized spacial score (nSPS) is 16.9. The summed E-state index contributed by atoms with van der Waals surface area (Å²) in [5.74, 6) is 0.604. The Morgan fingerprint density at radius 1 is 1.16 bits per heavy atom. The smallest absolute Gasteiger partial charge is 0.255 e. The number of aliphatic hydroxyl groups is 1. The first kappa shape index (κ1) is 25.8. The molecule has 2 fully saturated rings. The van der Waals surface area contributed by atoms with Gasteiger partial charge in [-0.25, -0.2) is 9.97 Å². The van der Waals surface area contributed by atoms with Gasteiger partial charge in [-0.1, -0.05) is 0 Å². The number of hydrogen-bond acceptors (Lipinski definition) is 7. The van der Waals surface area contributed by atoms with E-state index in [4.69, 9.17) is 4.74 Å². The summed E-state index contributed by atoms with van der Waals surface area (Å²) in [6.07, 6.45) is 5.53. The van der Waals surface area contributed by atoms with Crippen molar-refractivity contribution in [1.82, 2.24) is 25.2 Å². The zero-order valence-electron chi connectivity index (χ0n) is 21.9. The minimum atomic E-state index is -1.03. The number of amides is 2. The monoisotopic (exact) mass is 519 g/mol. The average Bonchev–Trinajstić information content (AvgIpc) is 3.62. The van der Waals surface area contributed by atoms with Crippen molar-refractivity contribution in [3.63, 3.8) is 0 Å². The van der Waals surface area contributed by atoms with Gasteiger partial charge >= 0.3 is 0 Å². The van der Waals surface area contributed by atoms with E-state index in [0.29, 0.717) is 77.6 Å². The average molecular weight is 520 g/mol. The number of aliphatic hydroxyl groups excluding tert-OH is 1. The zero-order chi connectivity index (χ0) is 27.0. The van der Waals surface area contributed by atoms with E-state index in [9.17, 15) is 19.5 Å². The number of fused-ring (bicyclic) bond motifs is 1. The fourth-order valence-electron chi connectivity index (χ4n) is 4.95. The van der Waals surface area contributed by atoms with E-state index in [-0.39, 0.29) is 23.6 Å². The van der Waals surface area contributed by atoms with Crippen LogP contribution in [-0.4, -0.2) is 74.4 Å². The van der Waals surface area contributed by atoms with Crippen LogP contribution >= 0.6 is 0 Å². The molecule has 2 aromatic heterocycles. The molecule has 1 saturated heterocycles. The Kier molecular flexibility index (Phi) is 7.16. The lowest BCUT2D eigenvalue weighted by Gasteiger charge is -2.33. The van der Waals surface area contributed by atoms with Crippen LogP contribution in [0.2, 0.25) is 0 Å². The number of Topliss-reactive ketones (excluding diaryl/α,β-unsaturated/α-hetero) is 1. The van der Waals surface area contributed by atoms with Gasteiger partial charge in [0.1, 0.15) is 29.4 Å². The maximum atomic E-state index is 13.2. The minimum Gasteiger partial charge on any atom is -0.493 e. The SMILES string of the molecule is CC(=O)c1cc(-c2ncnc3c(C(=O)NC4CCN(C(=O)[C@H](C)O)CC4)c[nH]c23)c(OCC2CC2)cc1C. The third-order valence-electron chi connectivity index (χ3n) is 7.34. The van der Waals surface area contributed by atoms with E-state index in [2.05, 4.69) is 20.3 Å². The molecule has 5 rings (SSSR count). The number of H-pyrrole nitrogens is 1. The molecule has 0 unspecified atom stereocenters. The summed E-state index contributed by atoms with van der Waals surface area (Å²) in [4.78, 5) is 51.3. The number of benzene rings is 1. The highest BCUT2D eigenvalue weighted by Crippen LogP contribution is 2.37. The number of carbonyl (C=O) groups excluding carboxylic acids is 3. The van der Waals surface area contributed by atoms with Crippen molar-refractivity contribution < 1.29 is 24.2 Å². The van der Waals surface area contributed by atoms with Crippen LogP contribution in [0.15, 0.2) is 24.7 Å². The summed E-state index contributed by atoms with van der Waals surface area (Å²) in [6, 6.07) is 3.60. The molecule has 200 valence electrons. The van der Waals surface area contributed by atoms with Crippen molar-refractivity contribution >= 4 is 28.6 Å². The molecule has 1 aliphatic heterocycles. The van der Waals surface area contributed by atoms with Crippen molar-refractivity contribution in [3.05, 3.63) is 41.3 Å². The van der Waals surface area contributed by atoms with Gasteiger partial charge in [0, 0.05) is 36.5 Å². The Hall–Kier alpha value is -3.79. The number of aromatic amines is 1. The highest BCUT2D eigenvalue weighted by Gasteiger charge is 2.28. The molecule has 0 bridgehead atoms. The second-order valence-electron chi connectivity index (χ2n) is 10.4. The third-order valence-corrected chi connectivity index (χ3v) is 7.34. The van der Waals surface area contributed by atoms with Gasteiger partial charge in [-0.15, -0.1) is 0 Å². The Morgan fingerprint density at radius 2 is 1.89 bits per heavy atom. The topological polar surface area (TPSA) is 138 Å². The predicted molar refractivity (Wildman–Crippen MR) is 141 cm³/mol. The number of carbonyl (C=O) groups is 3. The number of nitrogens with zero attached hydrogens (tertiary/aromatic N) is 3. The Morgan fingerprint density at radius 3 is 2.55 bits per heavy atom. The Balaban J connectivity index is 1.40. The number of aryl methyl sites for hydroxylation is 1. The maximum Gasteiger partial charge on any atom is 0.255 e. The molecular formula is C28H33N5O5. The van der Waals surface area contributed by atoms with Crippen LogP contribution in [0.4, 0.5) is 0 Å². The highest BCUT2D eigenvalue weighted by molar-refractivity contribution is 6.08. The number of piperidine rings is 1. The fourth-order valence-corrected chi connectivity index (χ4v) is 4.95. The van der Waals surface area contributed by atoms with Gasteiger partial charge in [-0.2, -0.15) is 0 Å². The quantitative estimate of drug-likeness (QED) is 0.389. The van der Waals surface area contributed by atoms with Crippen LogP contribution in [0.3, 0.4) is 0 Å². The molecular weight excluding hydrogens is 486 g/mol. The number of ether oxygens (including phenoxy) is 1. The largest absolute Gasteiger partial charge is 0.493 e. The Bertz CT molecular complexity index is 1390. The first-order valence-electron chi connectivity index (χ1n) is 13.1. The minimum absolute atomic E-state index is 0.0458. The van der Waals surface area contributed by atoms with E-state index in [0.717, 1.165) is 18.4 Å². The molecule has 2 aliphatic rings. The second kappa shape index (κ2) is 10.5. The first-order chi connectivity index (χ1) is 18.2. The van der Waals surface area contributed by atoms with Gasteiger partial charge in [0.2, 0.25) is 0 Å². The first-order valence-corrected chi connectivity index (χ1v) is 13.1. The summed E-state index contributed by atoms with van der Waals surface area (Å²) in [5.41, 5.74) is 4.13. The summed E-state index contributed by atoms with van der Waals surface area (Å²) < 4.78 is 6.17. The number of nitrogens with one attached hydrogen (secondary N) is 2. The number of ketones is 1. The lowest BCUT2D eigenvalue weighted by molar-refractivity contribution is -0.140. The third kappa shape index (κ3) is 5.26. The van der Waals surface area contributed by atoms with Gasteiger partial charge in [-0.3, -0.25) is 14.4 Å². The molecule has 38 heavy (non-hydrogen) atoms. The van der Waals surface area contributed by atoms with Crippen molar-refractivity contribution in [2.45, 2.75) is 58.6 Å². The number of likely N-dealkylation sites (tertiary alicyclic amines) is 1. The van der Waals surface area contributed by atoms with E-state index in [1.54, 1.807) is 11.1 Å². The van der Waals surface area contributed by atoms with Gasteiger partial charge in [-0.05, 0) is 70.1 Å². The molecule has 0 radical (unpaired) electrons. The van der Waals surface area contributed by atoms with E-state index < -0.39 is 6.10 Å². The van der Waals surface area contributed by atoms with Crippen LogP contribution in [0.25, 0.3) is 22.3 Å². The van der Waals surface area contributed by atoms with Crippen LogP contribution in [0, 0.1) is 12.8 Å². The summed E-state index contributed by atoms with van der Waals surface area (Å²) in [7, 11) is 0. The van der Waals surface area contributed by atoms with Crippen molar-refractivity contribution in [2.24, 2.45) is 5.92 Å². The summed E-state index contributed by atoms with van der Waals surface area (Å²) >= 11 is 0. The molecule has 3 aromatic rings. The van der Waals surface area contributed by atoms with Crippen LogP contribution in [0.1, 0.15) is 65.8 Å². The maximum absolute atomic E-state index is 13.2. The van der Waals surface area contributed by atoms with E-state index in [1.807, 2.05) is 19.1 Å². The Labute approximate surface area is 220 Å². The molecule has 1 atom stereocenters. The van der Waals surface area contributed by atoms with Gasteiger partial charge in [0.25, 0.3) is 11.8 Å². The predicted octanol–water partition coefficient (Wildman–Crippen LogP) is 3.03. The number of rotatable bonds is 8. The molecule has 3 heterocycles. The molecule has 1 saturated carbocycles. The van der Waals surface area contributed by atoms with Gasteiger partial charge in [0.15, 0.2) is 5.78 Å². The van der Waals surface area contributed by atoms with E-state index in [1.165, 1.54) is 20.2 Å². The summed E-state index contributed by atoms with van der Waals surface area (Å²) in [5, 5.41) is 12.6. The number of hydrogen-bond donors (Lipinski definition) is 3. The molecule has 1 aliphatic carbocycles. The van der Waals surface area contributed by atoms with E-state index >= 15 is 0 Å². The van der Waals surface area contributed by atoms with Crippen molar-refractivity contribution in [1.29, 1.82) is 0 Å². The molecule has 10 nitrogen and oxygen atoms in total. The lowest BCUT2D eigenvalue weighted by Crippen LogP contribution is -2.48. The van der Waals surface area contributed by atoms with Gasteiger partial charge in [0.05, 0.1) is 17.7 Å². The highest BCUT2D eigenvalue weighted by atomic mass is 16.5. The molecule has 2 amide bonds. The van der Waals surface area contributed by atoms with Crippen molar-refractivity contribution in [2.75, 3.05) is 19.7 Å². The van der Waals surface area contributed by atoms with Crippen LogP contribution in [0.5, 0.6) is 5.75 Å². The standard InChI is InChI=1S/C28H33N5O5/c1-15-10-23(38-13-18-4-5-18)21(11-20(15)16(2)34)24-26-25(31-14-30-24)22(12-29-26)27(36)32-19-6-8-33(9-7-19)28(37)17(3)35/h10-12,14,17-19,29,35H,4-9,13H2,1-3H3,(H,32,36)/t17-/m0/s1. The van der Waals surface area contributed by atoms with Crippen LogP contribution < -0.4 is 10.1 Å². The summed E-state index contributed by atoms with van der Waals surface area (Å²) in [6.45, 7) is 6.45. The lowest BCUT2D eigenvalue weighted by atomic mass is 9.98. The van der Waals surface area contributed by atoms with Crippen molar-refractivity contribution in [3.8, 4) is 17.0 Å². The van der Waals surface area contributed by atoms with Crippen LogP contribution in [-0.2, 0) is 4.79 Å².